The van der Waals surface area contributed by atoms with Crippen molar-refractivity contribution in [3.05, 3.63) is 0 Å². The molecule has 1 atom stereocenters. The molecule has 0 aromatic rings. The van der Waals surface area contributed by atoms with E-state index in [2.05, 4.69) is 19.2 Å². The molecular weight excluding hydrogens is 260 g/mol. The molecule has 1 fully saturated rings. The highest BCUT2D eigenvalue weighted by Crippen LogP contribution is 2.17. The van der Waals surface area contributed by atoms with Gasteiger partial charge in [-0.3, -0.25) is 0 Å². The fraction of sp³-hybridized carbons (Fsp3) is 1.00. The molecule has 1 unspecified atom stereocenters. The van der Waals surface area contributed by atoms with E-state index in [1.165, 1.54) is 25.5 Å². The van der Waals surface area contributed by atoms with Crippen LogP contribution in [-0.4, -0.2) is 45.2 Å². The average molecular weight is 290 g/mol. The van der Waals surface area contributed by atoms with Crippen LogP contribution in [0.4, 0.5) is 0 Å². The maximum Gasteiger partial charge on any atom is 0.211 e. The van der Waals surface area contributed by atoms with E-state index in [1.54, 1.807) is 4.31 Å². The topological polar surface area (TPSA) is 49.4 Å². The Labute approximate surface area is 119 Å². The van der Waals surface area contributed by atoms with Crippen molar-refractivity contribution in [3.8, 4) is 0 Å². The Bertz CT molecular complexity index is 341. The normalized spacial score (nSPS) is 22.0. The molecule has 1 heterocycles. The third kappa shape index (κ3) is 7.28. The van der Waals surface area contributed by atoms with Crippen molar-refractivity contribution in [3.63, 3.8) is 0 Å². The SMILES string of the molecule is CC(C)CCCCNCC1CCCN(S(C)(=O)=O)C1. The van der Waals surface area contributed by atoms with E-state index in [9.17, 15) is 8.42 Å². The van der Waals surface area contributed by atoms with Crippen LogP contribution in [0.1, 0.15) is 46.0 Å². The highest BCUT2D eigenvalue weighted by Gasteiger charge is 2.25. The number of rotatable bonds is 8. The second-order valence-corrected chi connectivity index (χ2v) is 8.21. The van der Waals surface area contributed by atoms with Gasteiger partial charge in [0.1, 0.15) is 0 Å². The van der Waals surface area contributed by atoms with Gasteiger partial charge < -0.3 is 5.32 Å². The molecule has 0 aromatic heterocycles. The van der Waals surface area contributed by atoms with Crippen molar-refractivity contribution < 1.29 is 8.42 Å². The fourth-order valence-corrected chi connectivity index (χ4v) is 3.55. The predicted molar refractivity (Wildman–Crippen MR) is 80.7 cm³/mol. The molecule has 0 spiro atoms. The Morgan fingerprint density at radius 2 is 2.05 bits per heavy atom. The maximum atomic E-state index is 11.5. The van der Waals surface area contributed by atoms with Gasteiger partial charge >= 0.3 is 0 Å². The van der Waals surface area contributed by atoms with Gasteiger partial charge in [-0.25, -0.2) is 12.7 Å². The number of nitrogens with zero attached hydrogens (tertiary/aromatic N) is 1. The van der Waals surface area contributed by atoms with E-state index in [0.717, 1.165) is 31.8 Å². The Balaban J connectivity index is 2.13. The molecule has 1 saturated heterocycles. The highest BCUT2D eigenvalue weighted by atomic mass is 32.2. The van der Waals surface area contributed by atoms with Gasteiger partial charge in [-0.2, -0.15) is 0 Å². The monoisotopic (exact) mass is 290 g/mol. The molecule has 5 heteroatoms. The van der Waals surface area contributed by atoms with Crippen LogP contribution in [0, 0.1) is 11.8 Å². The first-order valence-corrected chi connectivity index (χ1v) is 9.40. The number of nitrogens with one attached hydrogen (secondary N) is 1. The van der Waals surface area contributed by atoms with Crippen molar-refractivity contribution in [1.82, 2.24) is 9.62 Å². The zero-order valence-corrected chi connectivity index (χ0v) is 13.5. The zero-order chi connectivity index (χ0) is 14.3. The molecule has 114 valence electrons. The summed E-state index contributed by atoms with van der Waals surface area (Å²) in [6, 6.07) is 0. The van der Waals surface area contributed by atoms with E-state index >= 15 is 0 Å². The van der Waals surface area contributed by atoms with E-state index in [-0.39, 0.29) is 0 Å². The smallest absolute Gasteiger partial charge is 0.211 e. The van der Waals surface area contributed by atoms with Crippen LogP contribution in [0.2, 0.25) is 0 Å². The van der Waals surface area contributed by atoms with E-state index in [4.69, 9.17) is 0 Å². The summed E-state index contributed by atoms with van der Waals surface area (Å²) < 4.78 is 24.7. The van der Waals surface area contributed by atoms with Gasteiger partial charge in [0, 0.05) is 13.1 Å². The number of piperidine rings is 1. The largest absolute Gasteiger partial charge is 0.316 e. The first-order chi connectivity index (χ1) is 8.89. The fourth-order valence-electron chi connectivity index (χ4n) is 2.60. The number of hydrogen-bond acceptors (Lipinski definition) is 3. The molecule has 0 aromatic carbocycles. The Morgan fingerprint density at radius 3 is 2.68 bits per heavy atom. The molecule has 0 radical (unpaired) electrons. The second-order valence-electron chi connectivity index (χ2n) is 6.22. The minimum atomic E-state index is -3.00. The molecule has 1 aliphatic heterocycles. The molecule has 0 bridgehead atoms. The Morgan fingerprint density at radius 1 is 1.32 bits per heavy atom. The van der Waals surface area contributed by atoms with Crippen LogP contribution >= 0.6 is 0 Å². The standard InChI is InChI=1S/C14H30N2O2S/c1-13(2)7-4-5-9-15-11-14-8-6-10-16(12-14)19(3,17)18/h13-15H,4-12H2,1-3H3. The van der Waals surface area contributed by atoms with Crippen molar-refractivity contribution in [2.75, 3.05) is 32.4 Å². The van der Waals surface area contributed by atoms with Crippen molar-refractivity contribution in [2.24, 2.45) is 11.8 Å². The summed E-state index contributed by atoms with van der Waals surface area (Å²) in [6.07, 6.45) is 7.25. The lowest BCUT2D eigenvalue weighted by atomic mass is 9.99. The van der Waals surface area contributed by atoms with Crippen LogP contribution in [0.25, 0.3) is 0 Å². The predicted octanol–water partition coefficient (Wildman–Crippen LogP) is 2.07. The van der Waals surface area contributed by atoms with E-state index in [1.807, 2.05) is 0 Å². The first kappa shape index (κ1) is 16.9. The van der Waals surface area contributed by atoms with Crippen LogP contribution in [0.5, 0.6) is 0 Å². The Hall–Kier alpha value is -0.130. The third-order valence-electron chi connectivity index (χ3n) is 3.77. The van der Waals surface area contributed by atoms with Crippen LogP contribution in [-0.2, 0) is 10.0 Å². The summed E-state index contributed by atoms with van der Waals surface area (Å²) in [5, 5.41) is 3.48. The molecule has 1 rings (SSSR count). The summed E-state index contributed by atoms with van der Waals surface area (Å²) in [5.74, 6) is 1.27. The number of unbranched alkanes of at least 4 members (excludes halogenated alkanes) is 1. The van der Waals surface area contributed by atoms with Gasteiger partial charge in [-0.1, -0.05) is 26.7 Å². The minimum absolute atomic E-state index is 0.480. The van der Waals surface area contributed by atoms with E-state index < -0.39 is 10.0 Å². The molecule has 4 nitrogen and oxygen atoms in total. The van der Waals surface area contributed by atoms with Crippen LogP contribution < -0.4 is 5.32 Å². The first-order valence-electron chi connectivity index (χ1n) is 7.55. The summed E-state index contributed by atoms with van der Waals surface area (Å²) in [4.78, 5) is 0. The number of sulfonamides is 1. The molecule has 0 saturated carbocycles. The summed E-state index contributed by atoms with van der Waals surface area (Å²) in [5.41, 5.74) is 0. The summed E-state index contributed by atoms with van der Waals surface area (Å²) in [6.45, 7) is 7.92. The van der Waals surface area contributed by atoms with Crippen LogP contribution in [0.3, 0.4) is 0 Å². The molecule has 0 amide bonds. The lowest BCUT2D eigenvalue weighted by molar-refractivity contribution is 0.261. The van der Waals surface area contributed by atoms with Gasteiger partial charge in [-0.05, 0) is 44.2 Å². The lowest BCUT2D eigenvalue weighted by Gasteiger charge is -2.31. The van der Waals surface area contributed by atoms with E-state index in [0.29, 0.717) is 19.0 Å². The van der Waals surface area contributed by atoms with Gasteiger partial charge in [0.15, 0.2) is 0 Å². The zero-order valence-electron chi connectivity index (χ0n) is 12.7. The summed E-state index contributed by atoms with van der Waals surface area (Å²) >= 11 is 0. The van der Waals surface area contributed by atoms with Gasteiger partial charge in [-0.15, -0.1) is 0 Å². The van der Waals surface area contributed by atoms with Gasteiger partial charge in [0.25, 0.3) is 0 Å². The molecule has 1 N–H and O–H groups in total. The highest BCUT2D eigenvalue weighted by molar-refractivity contribution is 7.88. The number of hydrogen-bond donors (Lipinski definition) is 1. The van der Waals surface area contributed by atoms with Crippen molar-refractivity contribution >= 4 is 10.0 Å². The molecule has 19 heavy (non-hydrogen) atoms. The minimum Gasteiger partial charge on any atom is -0.316 e. The quantitative estimate of drug-likeness (QED) is 0.696. The second kappa shape index (κ2) is 8.22. The lowest BCUT2D eigenvalue weighted by Crippen LogP contribution is -2.42. The van der Waals surface area contributed by atoms with Gasteiger partial charge in [0.05, 0.1) is 6.26 Å². The summed E-state index contributed by atoms with van der Waals surface area (Å²) in [7, 11) is -3.00. The maximum absolute atomic E-state index is 11.5. The average Bonchev–Trinajstić information content (AvgIpc) is 2.32. The van der Waals surface area contributed by atoms with Crippen molar-refractivity contribution in [1.29, 1.82) is 0 Å². The third-order valence-corrected chi connectivity index (χ3v) is 5.04. The Kier molecular flexibility index (Phi) is 7.32. The molecular formula is C14H30N2O2S. The van der Waals surface area contributed by atoms with Crippen LogP contribution in [0.15, 0.2) is 0 Å². The van der Waals surface area contributed by atoms with Crippen molar-refractivity contribution in [2.45, 2.75) is 46.0 Å². The molecule has 0 aliphatic carbocycles. The molecule has 1 aliphatic rings. The van der Waals surface area contributed by atoms with Gasteiger partial charge in [0.2, 0.25) is 10.0 Å².